The molecule has 104 valence electrons. The van der Waals surface area contributed by atoms with Gasteiger partial charge in [-0.2, -0.15) is 0 Å². The van der Waals surface area contributed by atoms with E-state index < -0.39 is 0 Å². The van der Waals surface area contributed by atoms with Gasteiger partial charge in [-0.25, -0.2) is 0 Å². The molecule has 0 aliphatic carbocycles. The zero-order chi connectivity index (χ0) is 14.7. The summed E-state index contributed by atoms with van der Waals surface area (Å²) in [5.41, 5.74) is 3.80. The molecule has 0 unspecified atom stereocenters. The molecule has 1 nitrogen and oxygen atoms in total. The first-order valence-corrected chi connectivity index (χ1v) is 7.11. The van der Waals surface area contributed by atoms with Crippen molar-refractivity contribution in [3.8, 4) is 11.1 Å². The number of benzene rings is 2. The maximum absolute atomic E-state index is 2.16. The quantitative estimate of drug-likeness (QED) is 0.689. The van der Waals surface area contributed by atoms with Gasteiger partial charge in [-0.05, 0) is 11.6 Å². The summed E-state index contributed by atoms with van der Waals surface area (Å²) in [6, 6.07) is 18.9. The van der Waals surface area contributed by atoms with Crippen molar-refractivity contribution in [2.24, 2.45) is 0 Å². The number of hydrogen-bond acceptors (Lipinski definition) is 1. The van der Waals surface area contributed by atoms with Gasteiger partial charge in [0, 0.05) is 25.3 Å². The maximum atomic E-state index is 2.16. The van der Waals surface area contributed by atoms with Crippen LogP contribution in [0.25, 0.3) is 11.1 Å². The summed E-state index contributed by atoms with van der Waals surface area (Å²) < 4.78 is 0. The Morgan fingerprint density at radius 2 is 1.11 bits per heavy atom. The van der Waals surface area contributed by atoms with Crippen molar-refractivity contribution in [1.29, 1.82) is 0 Å². The molecular weight excluding hydrogens is 230 g/mol. The summed E-state index contributed by atoms with van der Waals surface area (Å²) in [6.45, 7) is 8.00. The SMILES string of the molecule is CC.CC.CN(C)c1ccccc1-c1ccccc1. The molecule has 0 radical (unpaired) electrons. The Morgan fingerprint density at radius 3 is 1.63 bits per heavy atom. The van der Waals surface area contributed by atoms with E-state index >= 15 is 0 Å². The average molecular weight is 257 g/mol. The lowest BCUT2D eigenvalue weighted by molar-refractivity contribution is 1.13. The van der Waals surface area contributed by atoms with Crippen LogP contribution in [-0.2, 0) is 0 Å². The number of para-hydroxylation sites is 1. The molecule has 19 heavy (non-hydrogen) atoms. The highest BCUT2D eigenvalue weighted by molar-refractivity contribution is 5.78. The molecule has 2 aromatic carbocycles. The first-order chi connectivity index (χ1) is 9.29. The van der Waals surface area contributed by atoms with Gasteiger partial charge < -0.3 is 4.90 Å². The first kappa shape index (κ1) is 17.2. The second-order valence-corrected chi connectivity index (χ2v) is 3.78. The van der Waals surface area contributed by atoms with Crippen LogP contribution < -0.4 is 4.90 Å². The second kappa shape index (κ2) is 10.2. The second-order valence-electron chi connectivity index (χ2n) is 3.78. The number of rotatable bonds is 2. The van der Waals surface area contributed by atoms with Crippen molar-refractivity contribution in [3.63, 3.8) is 0 Å². The van der Waals surface area contributed by atoms with Crippen LogP contribution in [-0.4, -0.2) is 14.1 Å². The van der Waals surface area contributed by atoms with Gasteiger partial charge in [-0.1, -0.05) is 76.2 Å². The lowest BCUT2D eigenvalue weighted by Crippen LogP contribution is -2.09. The van der Waals surface area contributed by atoms with Crippen molar-refractivity contribution in [2.75, 3.05) is 19.0 Å². The maximum Gasteiger partial charge on any atom is 0.0440 e. The molecule has 0 atom stereocenters. The molecule has 0 aliphatic heterocycles. The van der Waals surface area contributed by atoms with Gasteiger partial charge in [0.15, 0.2) is 0 Å². The van der Waals surface area contributed by atoms with Crippen LogP contribution in [0, 0.1) is 0 Å². The zero-order valence-electron chi connectivity index (χ0n) is 13.1. The van der Waals surface area contributed by atoms with E-state index in [0.717, 1.165) is 0 Å². The molecule has 2 rings (SSSR count). The highest BCUT2D eigenvalue weighted by Crippen LogP contribution is 2.28. The van der Waals surface area contributed by atoms with Crippen LogP contribution in [0.2, 0.25) is 0 Å². The predicted octanol–water partition coefficient (Wildman–Crippen LogP) is 5.47. The van der Waals surface area contributed by atoms with Gasteiger partial charge in [0.25, 0.3) is 0 Å². The van der Waals surface area contributed by atoms with Crippen LogP contribution >= 0.6 is 0 Å². The van der Waals surface area contributed by atoms with E-state index in [1.807, 2.05) is 33.8 Å². The van der Waals surface area contributed by atoms with Crippen molar-refractivity contribution in [3.05, 3.63) is 54.6 Å². The van der Waals surface area contributed by atoms with Crippen LogP contribution in [0.3, 0.4) is 0 Å². The summed E-state index contributed by atoms with van der Waals surface area (Å²) in [4.78, 5) is 2.14. The molecule has 1 heteroatoms. The summed E-state index contributed by atoms with van der Waals surface area (Å²) in [7, 11) is 4.14. The molecule has 0 bridgehead atoms. The molecule has 0 saturated heterocycles. The highest BCUT2D eigenvalue weighted by Gasteiger charge is 2.04. The van der Waals surface area contributed by atoms with Crippen LogP contribution in [0.4, 0.5) is 5.69 Å². The van der Waals surface area contributed by atoms with Gasteiger partial charge in [-0.15, -0.1) is 0 Å². The van der Waals surface area contributed by atoms with Gasteiger partial charge in [0.05, 0.1) is 0 Å². The third kappa shape index (κ3) is 5.17. The number of nitrogens with zero attached hydrogens (tertiary/aromatic N) is 1. The first-order valence-electron chi connectivity index (χ1n) is 7.11. The summed E-state index contributed by atoms with van der Waals surface area (Å²) >= 11 is 0. The Balaban J connectivity index is 0.000000741. The van der Waals surface area contributed by atoms with Crippen LogP contribution in [0.1, 0.15) is 27.7 Å². The van der Waals surface area contributed by atoms with Gasteiger partial charge in [0.1, 0.15) is 0 Å². The average Bonchev–Trinajstić information content (AvgIpc) is 2.52. The third-order valence-corrected chi connectivity index (χ3v) is 2.47. The van der Waals surface area contributed by atoms with E-state index in [0.29, 0.717) is 0 Å². The topological polar surface area (TPSA) is 3.24 Å². The Labute approximate surface area is 118 Å². The molecule has 0 heterocycles. The minimum Gasteiger partial charge on any atom is -0.377 e. The summed E-state index contributed by atoms with van der Waals surface area (Å²) in [5.74, 6) is 0. The van der Waals surface area contributed by atoms with Crippen molar-refractivity contribution < 1.29 is 0 Å². The smallest absolute Gasteiger partial charge is 0.0440 e. The molecule has 0 aromatic heterocycles. The van der Waals surface area contributed by atoms with Gasteiger partial charge in [-0.3, -0.25) is 0 Å². The summed E-state index contributed by atoms with van der Waals surface area (Å²) in [5, 5.41) is 0. The van der Waals surface area contributed by atoms with Crippen molar-refractivity contribution in [2.45, 2.75) is 27.7 Å². The molecule has 0 fully saturated rings. The Morgan fingerprint density at radius 1 is 0.632 bits per heavy atom. The Bertz CT molecular complexity index is 432. The van der Waals surface area contributed by atoms with Gasteiger partial charge in [0.2, 0.25) is 0 Å². The fourth-order valence-electron chi connectivity index (χ4n) is 1.73. The minimum absolute atomic E-state index is 1.25. The van der Waals surface area contributed by atoms with Crippen LogP contribution in [0.15, 0.2) is 54.6 Å². The molecular formula is C18H27N. The largest absolute Gasteiger partial charge is 0.377 e. The fraction of sp³-hybridized carbons (Fsp3) is 0.333. The third-order valence-electron chi connectivity index (χ3n) is 2.47. The molecule has 0 spiro atoms. The van der Waals surface area contributed by atoms with E-state index in [-0.39, 0.29) is 0 Å². The monoisotopic (exact) mass is 257 g/mol. The Hall–Kier alpha value is -1.76. The molecule has 2 aromatic rings. The minimum atomic E-state index is 1.25. The fourth-order valence-corrected chi connectivity index (χ4v) is 1.73. The number of hydrogen-bond donors (Lipinski definition) is 0. The molecule has 0 aliphatic rings. The molecule has 0 N–H and O–H groups in total. The van der Waals surface area contributed by atoms with Gasteiger partial charge >= 0.3 is 0 Å². The summed E-state index contributed by atoms with van der Waals surface area (Å²) in [6.07, 6.45) is 0. The predicted molar refractivity (Wildman–Crippen MR) is 88.9 cm³/mol. The number of anilines is 1. The molecule has 0 amide bonds. The van der Waals surface area contributed by atoms with E-state index in [4.69, 9.17) is 0 Å². The van der Waals surface area contributed by atoms with E-state index in [2.05, 4.69) is 67.5 Å². The normalized spacial score (nSPS) is 8.53. The highest BCUT2D eigenvalue weighted by atomic mass is 15.1. The van der Waals surface area contributed by atoms with Crippen molar-refractivity contribution >= 4 is 5.69 Å². The molecule has 0 saturated carbocycles. The van der Waals surface area contributed by atoms with Crippen molar-refractivity contribution in [1.82, 2.24) is 0 Å². The van der Waals surface area contributed by atoms with E-state index in [1.54, 1.807) is 0 Å². The standard InChI is InChI=1S/C14H15N.2C2H6/c1-15(2)14-11-7-6-10-13(14)12-8-4-3-5-9-12;2*1-2/h3-11H,1-2H3;2*1-2H3. The van der Waals surface area contributed by atoms with E-state index in [1.165, 1.54) is 16.8 Å². The lowest BCUT2D eigenvalue weighted by atomic mass is 10.0. The lowest BCUT2D eigenvalue weighted by Gasteiger charge is -2.17. The Kier molecular flexibility index (Phi) is 9.25. The van der Waals surface area contributed by atoms with E-state index in [9.17, 15) is 0 Å². The van der Waals surface area contributed by atoms with Crippen LogP contribution in [0.5, 0.6) is 0 Å². The zero-order valence-corrected chi connectivity index (χ0v) is 13.1.